The summed E-state index contributed by atoms with van der Waals surface area (Å²) >= 11 is 0. The molecule has 0 heterocycles. The smallest absolute Gasteiger partial charge is 0.173 e. The second-order valence-electron chi connectivity index (χ2n) is 5.27. The van der Waals surface area contributed by atoms with Crippen LogP contribution in [0.5, 0.6) is 0 Å². The largest absolute Gasteiger partial charge is 0.409 e. The highest BCUT2D eigenvalue weighted by Gasteiger charge is 2.22. The fraction of sp³-hybridized carbons (Fsp3) is 0.533. The first-order chi connectivity index (χ1) is 9.67. The first kappa shape index (κ1) is 14.8. The summed E-state index contributed by atoms with van der Waals surface area (Å²) in [5, 5.41) is 11.6. The number of rotatable bonds is 5. The van der Waals surface area contributed by atoms with Crippen molar-refractivity contribution in [3.8, 4) is 0 Å². The van der Waals surface area contributed by atoms with Gasteiger partial charge in [0.2, 0.25) is 0 Å². The molecule has 2 rings (SSSR count). The minimum absolute atomic E-state index is 0.160. The third-order valence-corrected chi connectivity index (χ3v) is 4.08. The third kappa shape index (κ3) is 3.10. The molecular weight excluding hydrogens is 257 g/mol. The van der Waals surface area contributed by atoms with Crippen molar-refractivity contribution in [2.24, 2.45) is 10.9 Å². The number of nitrogens with two attached hydrogens (primary N) is 1. The fourth-order valence-corrected chi connectivity index (χ4v) is 2.94. The van der Waals surface area contributed by atoms with Crippen LogP contribution in [0.15, 0.2) is 23.4 Å². The van der Waals surface area contributed by atoms with Crippen LogP contribution >= 0.6 is 0 Å². The van der Waals surface area contributed by atoms with Gasteiger partial charge in [0.15, 0.2) is 5.84 Å². The standard InChI is InChI=1S/C15H22FN3O/c1-2-19(12-7-3-4-8-12)10-11-6-5-9-13(14(11)16)15(17)18-20/h5-6,9,12,20H,2-4,7-8,10H2,1H3,(H2,17,18). The summed E-state index contributed by atoms with van der Waals surface area (Å²) in [4.78, 5) is 2.31. The Kier molecular flexibility index (Phi) is 4.95. The van der Waals surface area contributed by atoms with Gasteiger partial charge in [-0.25, -0.2) is 4.39 Å². The van der Waals surface area contributed by atoms with Crippen LogP contribution < -0.4 is 5.73 Å². The van der Waals surface area contributed by atoms with Crippen LogP contribution in [0.2, 0.25) is 0 Å². The predicted molar refractivity (Wildman–Crippen MR) is 77.3 cm³/mol. The van der Waals surface area contributed by atoms with Gasteiger partial charge in [0, 0.05) is 18.2 Å². The van der Waals surface area contributed by atoms with Crippen molar-refractivity contribution in [3.63, 3.8) is 0 Å². The molecule has 110 valence electrons. The molecule has 0 bridgehead atoms. The number of benzene rings is 1. The highest BCUT2D eigenvalue weighted by atomic mass is 19.1. The average Bonchev–Trinajstić information content (AvgIpc) is 2.99. The second kappa shape index (κ2) is 6.70. The zero-order chi connectivity index (χ0) is 14.5. The molecule has 20 heavy (non-hydrogen) atoms. The fourth-order valence-electron chi connectivity index (χ4n) is 2.94. The quantitative estimate of drug-likeness (QED) is 0.377. The molecule has 1 aliphatic carbocycles. The van der Waals surface area contributed by atoms with Gasteiger partial charge in [-0.15, -0.1) is 0 Å². The van der Waals surface area contributed by atoms with Crippen LogP contribution in [0.25, 0.3) is 0 Å². The van der Waals surface area contributed by atoms with E-state index in [0.29, 0.717) is 18.2 Å². The number of oxime groups is 1. The van der Waals surface area contributed by atoms with Gasteiger partial charge in [-0.05, 0) is 25.5 Å². The molecule has 0 aromatic heterocycles. The summed E-state index contributed by atoms with van der Waals surface area (Å²) in [7, 11) is 0. The number of hydrogen-bond donors (Lipinski definition) is 2. The molecule has 0 atom stereocenters. The van der Waals surface area contributed by atoms with Gasteiger partial charge in [-0.1, -0.05) is 37.1 Å². The van der Waals surface area contributed by atoms with Crippen LogP contribution in [0, 0.1) is 5.82 Å². The van der Waals surface area contributed by atoms with Crippen molar-refractivity contribution in [2.75, 3.05) is 6.54 Å². The number of halogens is 1. The molecule has 0 amide bonds. The van der Waals surface area contributed by atoms with E-state index < -0.39 is 0 Å². The van der Waals surface area contributed by atoms with E-state index in [9.17, 15) is 4.39 Å². The van der Waals surface area contributed by atoms with E-state index in [1.165, 1.54) is 31.7 Å². The van der Waals surface area contributed by atoms with Gasteiger partial charge in [-0.2, -0.15) is 0 Å². The zero-order valence-corrected chi connectivity index (χ0v) is 11.8. The van der Waals surface area contributed by atoms with Crippen molar-refractivity contribution in [3.05, 3.63) is 35.1 Å². The minimum atomic E-state index is -0.390. The van der Waals surface area contributed by atoms with Gasteiger partial charge in [0.05, 0.1) is 5.56 Å². The van der Waals surface area contributed by atoms with E-state index in [1.54, 1.807) is 12.1 Å². The Morgan fingerprint density at radius 1 is 1.45 bits per heavy atom. The summed E-state index contributed by atoms with van der Waals surface area (Å²) in [5.74, 6) is -0.576. The van der Waals surface area contributed by atoms with Crippen LogP contribution in [0.3, 0.4) is 0 Å². The summed E-state index contributed by atoms with van der Waals surface area (Å²) in [6.07, 6.45) is 4.90. The van der Waals surface area contributed by atoms with Crippen molar-refractivity contribution in [1.82, 2.24) is 4.90 Å². The predicted octanol–water partition coefficient (Wildman–Crippen LogP) is 2.68. The van der Waals surface area contributed by atoms with Gasteiger partial charge >= 0.3 is 0 Å². The molecule has 1 aliphatic rings. The lowest BCUT2D eigenvalue weighted by atomic mass is 10.1. The molecule has 0 unspecified atom stereocenters. The van der Waals surface area contributed by atoms with E-state index in [2.05, 4.69) is 17.0 Å². The highest BCUT2D eigenvalue weighted by molar-refractivity contribution is 5.97. The third-order valence-electron chi connectivity index (χ3n) is 4.08. The van der Waals surface area contributed by atoms with Crippen molar-refractivity contribution >= 4 is 5.84 Å². The minimum Gasteiger partial charge on any atom is -0.409 e. The summed E-state index contributed by atoms with van der Waals surface area (Å²) < 4.78 is 14.4. The molecule has 0 saturated heterocycles. The van der Waals surface area contributed by atoms with Gasteiger partial charge in [0.1, 0.15) is 5.82 Å². The van der Waals surface area contributed by atoms with Crippen molar-refractivity contribution in [1.29, 1.82) is 0 Å². The number of hydrogen-bond acceptors (Lipinski definition) is 3. The first-order valence-corrected chi connectivity index (χ1v) is 7.16. The van der Waals surface area contributed by atoms with Crippen LogP contribution in [0.1, 0.15) is 43.7 Å². The molecular formula is C15H22FN3O. The van der Waals surface area contributed by atoms with Gasteiger partial charge in [0.25, 0.3) is 0 Å². The molecule has 5 heteroatoms. The zero-order valence-electron chi connectivity index (χ0n) is 11.8. The molecule has 1 aromatic carbocycles. The molecule has 1 saturated carbocycles. The molecule has 1 fully saturated rings. The lowest BCUT2D eigenvalue weighted by Gasteiger charge is -2.27. The van der Waals surface area contributed by atoms with Gasteiger partial charge in [-0.3, -0.25) is 4.90 Å². The Hall–Kier alpha value is -1.62. The molecule has 0 aliphatic heterocycles. The summed E-state index contributed by atoms with van der Waals surface area (Å²) in [6, 6.07) is 5.58. The summed E-state index contributed by atoms with van der Waals surface area (Å²) in [5.41, 5.74) is 6.26. The molecule has 1 aromatic rings. The van der Waals surface area contributed by atoms with E-state index in [-0.39, 0.29) is 17.2 Å². The van der Waals surface area contributed by atoms with Crippen LogP contribution in [-0.2, 0) is 6.54 Å². The summed E-state index contributed by atoms with van der Waals surface area (Å²) in [6.45, 7) is 3.57. The Bertz CT molecular complexity index is 484. The van der Waals surface area contributed by atoms with Crippen LogP contribution in [0.4, 0.5) is 4.39 Å². The van der Waals surface area contributed by atoms with Crippen LogP contribution in [-0.4, -0.2) is 28.5 Å². The maximum Gasteiger partial charge on any atom is 0.173 e. The molecule has 0 spiro atoms. The van der Waals surface area contributed by atoms with E-state index >= 15 is 0 Å². The Morgan fingerprint density at radius 3 is 2.75 bits per heavy atom. The van der Waals surface area contributed by atoms with Gasteiger partial charge < -0.3 is 10.9 Å². The number of amidine groups is 1. The molecule has 0 radical (unpaired) electrons. The molecule has 4 nitrogen and oxygen atoms in total. The van der Waals surface area contributed by atoms with E-state index in [0.717, 1.165) is 6.54 Å². The SMILES string of the molecule is CCN(Cc1cccc(/C(N)=N/O)c1F)C1CCCC1. The Labute approximate surface area is 119 Å². The monoisotopic (exact) mass is 279 g/mol. The lowest BCUT2D eigenvalue weighted by molar-refractivity contribution is 0.198. The average molecular weight is 279 g/mol. The van der Waals surface area contributed by atoms with Crippen molar-refractivity contribution < 1.29 is 9.60 Å². The maximum atomic E-state index is 14.4. The topological polar surface area (TPSA) is 61.8 Å². The number of nitrogens with zero attached hydrogens (tertiary/aromatic N) is 2. The maximum absolute atomic E-state index is 14.4. The normalized spacial score (nSPS) is 17.1. The molecule has 3 N–H and O–H groups in total. The lowest BCUT2D eigenvalue weighted by Crippen LogP contribution is -2.33. The van der Waals surface area contributed by atoms with E-state index in [4.69, 9.17) is 10.9 Å². The Morgan fingerprint density at radius 2 is 2.15 bits per heavy atom. The second-order valence-corrected chi connectivity index (χ2v) is 5.27. The Balaban J connectivity index is 2.19. The first-order valence-electron chi connectivity index (χ1n) is 7.16. The van der Waals surface area contributed by atoms with Crippen molar-refractivity contribution in [2.45, 2.75) is 45.2 Å². The highest BCUT2D eigenvalue weighted by Crippen LogP contribution is 2.25. The van der Waals surface area contributed by atoms with E-state index in [1.807, 2.05) is 0 Å².